The number of rotatable bonds is 5. The van der Waals surface area contributed by atoms with Gasteiger partial charge < -0.3 is 10.1 Å². The van der Waals surface area contributed by atoms with E-state index in [4.69, 9.17) is 4.74 Å². The molecule has 0 bridgehead atoms. The van der Waals surface area contributed by atoms with Crippen molar-refractivity contribution >= 4 is 10.0 Å². The summed E-state index contributed by atoms with van der Waals surface area (Å²) in [5, 5.41) is 2.81. The Morgan fingerprint density at radius 2 is 2.21 bits per heavy atom. The molecular weight excluding hydrogens is 204 g/mol. The molecule has 2 unspecified atom stereocenters. The highest BCUT2D eigenvalue weighted by atomic mass is 32.2. The van der Waals surface area contributed by atoms with Gasteiger partial charge in [-0.25, -0.2) is 13.1 Å². The van der Waals surface area contributed by atoms with Crippen molar-refractivity contribution in [2.75, 3.05) is 26.0 Å². The van der Waals surface area contributed by atoms with Gasteiger partial charge in [0.25, 0.3) is 0 Å². The van der Waals surface area contributed by atoms with Gasteiger partial charge in [-0.1, -0.05) is 0 Å². The third-order valence-electron chi connectivity index (χ3n) is 2.33. The highest BCUT2D eigenvalue weighted by Crippen LogP contribution is 2.13. The SMILES string of the molecule is CNCCS(=O)(=O)NC1CCOC1C. The summed E-state index contributed by atoms with van der Waals surface area (Å²) in [6.07, 6.45) is 0.749. The minimum atomic E-state index is -3.15. The molecule has 1 saturated heterocycles. The smallest absolute Gasteiger partial charge is 0.213 e. The van der Waals surface area contributed by atoms with Gasteiger partial charge in [-0.05, 0) is 20.4 Å². The molecule has 0 aromatic carbocycles. The van der Waals surface area contributed by atoms with Crippen molar-refractivity contribution < 1.29 is 13.2 Å². The number of hydrogen-bond acceptors (Lipinski definition) is 4. The summed E-state index contributed by atoms with van der Waals surface area (Å²) in [6.45, 7) is 3.00. The third-order valence-corrected chi connectivity index (χ3v) is 3.73. The van der Waals surface area contributed by atoms with E-state index in [2.05, 4.69) is 10.0 Å². The molecule has 2 atom stereocenters. The number of hydrogen-bond donors (Lipinski definition) is 2. The fourth-order valence-corrected chi connectivity index (χ4v) is 2.77. The second-order valence-electron chi connectivity index (χ2n) is 3.51. The van der Waals surface area contributed by atoms with Crippen LogP contribution in [0.5, 0.6) is 0 Å². The molecule has 1 aliphatic rings. The highest BCUT2D eigenvalue weighted by Gasteiger charge is 2.27. The van der Waals surface area contributed by atoms with E-state index in [9.17, 15) is 8.42 Å². The second-order valence-corrected chi connectivity index (χ2v) is 5.38. The van der Waals surface area contributed by atoms with E-state index in [-0.39, 0.29) is 17.9 Å². The molecule has 6 heteroatoms. The maximum Gasteiger partial charge on any atom is 0.213 e. The molecule has 0 aromatic heterocycles. The van der Waals surface area contributed by atoms with Crippen molar-refractivity contribution in [3.05, 3.63) is 0 Å². The lowest BCUT2D eigenvalue weighted by Crippen LogP contribution is -2.41. The fourth-order valence-electron chi connectivity index (χ4n) is 1.41. The van der Waals surface area contributed by atoms with Crippen LogP contribution >= 0.6 is 0 Å². The molecule has 84 valence electrons. The van der Waals surface area contributed by atoms with E-state index in [0.29, 0.717) is 13.2 Å². The highest BCUT2D eigenvalue weighted by molar-refractivity contribution is 7.89. The maximum atomic E-state index is 11.5. The lowest BCUT2D eigenvalue weighted by Gasteiger charge is -2.15. The summed E-state index contributed by atoms with van der Waals surface area (Å²) in [7, 11) is -1.42. The monoisotopic (exact) mass is 222 g/mol. The molecule has 0 radical (unpaired) electrons. The van der Waals surface area contributed by atoms with Crippen LogP contribution in [-0.4, -0.2) is 46.5 Å². The Balaban J connectivity index is 2.42. The zero-order chi connectivity index (χ0) is 10.6. The minimum Gasteiger partial charge on any atom is -0.377 e. The van der Waals surface area contributed by atoms with E-state index in [1.807, 2.05) is 6.92 Å². The number of sulfonamides is 1. The molecule has 1 aliphatic heterocycles. The molecule has 0 aromatic rings. The van der Waals surface area contributed by atoms with Crippen molar-refractivity contribution in [1.82, 2.24) is 10.0 Å². The van der Waals surface area contributed by atoms with E-state index in [1.165, 1.54) is 0 Å². The van der Waals surface area contributed by atoms with Gasteiger partial charge >= 0.3 is 0 Å². The van der Waals surface area contributed by atoms with Gasteiger partial charge in [0.2, 0.25) is 10.0 Å². The number of ether oxygens (including phenoxy) is 1. The first kappa shape index (κ1) is 11.9. The van der Waals surface area contributed by atoms with Gasteiger partial charge in [0.1, 0.15) is 0 Å². The van der Waals surface area contributed by atoms with Crippen LogP contribution in [0.4, 0.5) is 0 Å². The average Bonchev–Trinajstić information content (AvgIpc) is 2.48. The Morgan fingerprint density at radius 1 is 1.50 bits per heavy atom. The van der Waals surface area contributed by atoms with Gasteiger partial charge in [0, 0.05) is 19.2 Å². The second kappa shape index (κ2) is 5.06. The molecule has 1 heterocycles. The fraction of sp³-hybridized carbons (Fsp3) is 1.00. The first-order valence-corrected chi connectivity index (χ1v) is 6.46. The van der Waals surface area contributed by atoms with Crippen LogP contribution in [0.3, 0.4) is 0 Å². The molecule has 2 N–H and O–H groups in total. The van der Waals surface area contributed by atoms with Crippen LogP contribution in [0, 0.1) is 0 Å². The van der Waals surface area contributed by atoms with Gasteiger partial charge in [-0.3, -0.25) is 0 Å². The lowest BCUT2D eigenvalue weighted by molar-refractivity contribution is 0.117. The predicted octanol–water partition coefficient (Wildman–Crippen LogP) is -0.697. The Bertz CT molecular complexity index is 266. The lowest BCUT2D eigenvalue weighted by atomic mass is 10.2. The topological polar surface area (TPSA) is 67.4 Å². The van der Waals surface area contributed by atoms with Gasteiger partial charge in [0.15, 0.2) is 0 Å². The first-order chi connectivity index (χ1) is 6.55. The van der Waals surface area contributed by atoms with Crippen LogP contribution in [-0.2, 0) is 14.8 Å². The third kappa shape index (κ3) is 3.53. The quantitative estimate of drug-likeness (QED) is 0.645. The van der Waals surface area contributed by atoms with E-state index in [1.54, 1.807) is 7.05 Å². The normalized spacial score (nSPS) is 28.1. The molecular formula is C8H18N2O3S. The molecule has 0 aliphatic carbocycles. The summed E-state index contributed by atoms with van der Waals surface area (Å²) in [4.78, 5) is 0. The summed E-state index contributed by atoms with van der Waals surface area (Å²) < 4.78 is 30.9. The van der Waals surface area contributed by atoms with Crippen molar-refractivity contribution in [2.45, 2.75) is 25.5 Å². The summed E-state index contributed by atoms with van der Waals surface area (Å²) in [5.41, 5.74) is 0. The van der Waals surface area contributed by atoms with E-state index < -0.39 is 10.0 Å². The standard InChI is InChI=1S/C8H18N2O3S/c1-7-8(3-5-13-7)10-14(11,12)6-4-9-2/h7-10H,3-6H2,1-2H3. The van der Waals surface area contributed by atoms with Crippen molar-refractivity contribution in [2.24, 2.45) is 0 Å². The van der Waals surface area contributed by atoms with Crippen molar-refractivity contribution in [1.29, 1.82) is 0 Å². The number of nitrogens with one attached hydrogen (secondary N) is 2. The Kier molecular flexibility index (Phi) is 4.31. The van der Waals surface area contributed by atoms with Crippen LogP contribution in [0.1, 0.15) is 13.3 Å². The molecule has 1 rings (SSSR count). The van der Waals surface area contributed by atoms with Gasteiger partial charge in [-0.2, -0.15) is 0 Å². The molecule has 0 spiro atoms. The summed E-state index contributed by atoms with van der Waals surface area (Å²) in [5.74, 6) is 0.118. The largest absolute Gasteiger partial charge is 0.377 e. The van der Waals surface area contributed by atoms with E-state index >= 15 is 0 Å². The predicted molar refractivity (Wildman–Crippen MR) is 54.7 cm³/mol. The van der Waals surface area contributed by atoms with E-state index in [0.717, 1.165) is 6.42 Å². The van der Waals surface area contributed by atoms with Crippen LogP contribution < -0.4 is 10.0 Å². The minimum absolute atomic E-state index is 0.0145. The molecule has 14 heavy (non-hydrogen) atoms. The molecule has 5 nitrogen and oxygen atoms in total. The van der Waals surface area contributed by atoms with Gasteiger partial charge in [-0.15, -0.1) is 0 Å². The zero-order valence-corrected chi connectivity index (χ0v) is 9.43. The van der Waals surface area contributed by atoms with Crippen LogP contribution in [0.2, 0.25) is 0 Å². The zero-order valence-electron chi connectivity index (χ0n) is 8.62. The summed E-state index contributed by atoms with van der Waals surface area (Å²) >= 11 is 0. The average molecular weight is 222 g/mol. The first-order valence-electron chi connectivity index (χ1n) is 4.81. The molecule has 0 amide bonds. The Hall–Kier alpha value is -0.170. The summed E-state index contributed by atoms with van der Waals surface area (Å²) in [6, 6.07) is -0.0585. The van der Waals surface area contributed by atoms with Crippen molar-refractivity contribution in [3.8, 4) is 0 Å². The van der Waals surface area contributed by atoms with Crippen molar-refractivity contribution in [3.63, 3.8) is 0 Å². The van der Waals surface area contributed by atoms with Crippen LogP contribution in [0.25, 0.3) is 0 Å². The van der Waals surface area contributed by atoms with Crippen LogP contribution in [0.15, 0.2) is 0 Å². The Morgan fingerprint density at radius 3 is 2.71 bits per heavy atom. The Labute approximate surface area is 85.3 Å². The van der Waals surface area contributed by atoms with Gasteiger partial charge in [0.05, 0.1) is 11.9 Å². The maximum absolute atomic E-state index is 11.5. The molecule has 0 saturated carbocycles. The molecule has 1 fully saturated rings.